The minimum absolute atomic E-state index is 0.0325. The molecule has 0 unspecified atom stereocenters. The molecule has 138 valence electrons. The zero-order valence-electron chi connectivity index (χ0n) is 14.4. The molecule has 7 heteroatoms. The molecule has 0 heterocycles. The van der Waals surface area contributed by atoms with Gasteiger partial charge in [-0.2, -0.15) is 0 Å². The molecule has 1 aliphatic carbocycles. The SMILES string of the molecule is C[C@@H](OC(=O)CSc1cc(F)ccc1F)C(=O)N[C@@H]1CCCC[C@@H]1C. The summed E-state index contributed by atoms with van der Waals surface area (Å²) < 4.78 is 31.7. The maximum atomic E-state index is 13.5. The van der Waals surface area contributed by atoms with Crippen LogP contribution in [0.1, 0.15) is 39.5 Å². The van der Waals surface area contributed by atoms with E-state index in [2.05, 4.69) is 12.2 Å². The summed E-state index contributed by atoms with van der Waals surface area (Å²) in [4.78, 5) is 24.0. The van der Waals surface area contributed by atoms with E-state index in [4.69, 9.17) is 4.74 Å². The molecule has 1 amide bonds. The number of thioether (sulfide) groups is 1. The van der Waals surface area contributed by atoms with Crippen molar-refractivity contribution in [3.8, 4) is 0 Å². The zero-order valence-corrected chi connectivity index (χ0v) is 15.2. The number of hydrogen-bond acceptors (Lipinski definition) is 4. The van der Waals surface area contributed by atoms with E-state index in [1.54, 1.807) is 0 Å². The van der Waals surface area contributed by atoms with Gasteiger partial charge in [-0.3, -0.25) is 9.59 Å². The van der Waals surface area contributed by atoms with Gasteiger partial charge in [0.2, 0.25) is 0 Å². The van der Waals surface area contributed by atoms with Crippen LogP contribution < -0.4 is 5.32 Å². The van der Waals surface area contributed by atoms with E-state index >= 15 is 0 Å². The Morgan fingerprint density at radius 3 is 2.76 bits per heavy atom. The molecule has 0 aliphatic heterocycles. The van der Waals surface area contributed by atoms with Crippen molar-refractivity contribution in [3.05, 3.63) is 29.8 Å². The fourth-order valence-electron chi connectivity index (χ4n) is 2.84. The first-order chi connectivity index (χ1) is 11.9. The summed E-state index contributed by atoms with van der Waals surface area (Å²) in [7, 11) is 0. The van der Waals surface area contributed by atoms with Gasteiger partial charge in [-0.25, -0.2) is 8.78 Å². The van der Waals surface area contributed by atoms with E-state index in [0.29, 0.717) is 5.92 Å². The molecule has 0 spiro atoms. The van der Waals surface area contributed by atoms with Gasteiger partial charge in [-0.15, -0.1) is 11.8 Å². The van der Waals surface area contributed by atoms with Crippen LogP contribution in [0.25, 0.3) is 0 Å². The second-order valence-electron chi connectivity index (χ2n) is 6.37. The number of carbonyl (C=O) groups is 2. The lowest BCUT2D eigenvalue weighted by molar-refractivity contribution is -0.152. The molecular formula is C18H23F2NO3S. The van der Waals surface area contributed by atoms with Gasteiger partial charge >= 0.3 is 5.97 Å². The first-order valence-electron chi connectivity index (χ1n) is 8.44. The van der Waals surface area contributed by atoms with Gasteiger partial charge in [0, 0.05) is 10.9 Å². The van der Waals surface area contributed by atoms with Crippen molar-refractivity contribution in [1.29, 1.82) is 0 Å². The van der Waals surface area contributed by atoms with Crippen molar-refractivity contribution in [1.82, 2.24) is 5.32 Å². The lowest BCUT2D eigenvalue weighted by atomic mass is 9.86. The van der Waals surface area contributed by atoms with Gasteiger partial charge in [0.25, 0.3) is 5.91 Å². The fourth-order valence-corrected chi connectivity index (χ4v) is 3.58. The Labute approximate surface area is 150 Å². The molecule has 0 bridgehead atoms. The normalized spacial score (nSPS) is 21.4. The molecule has 1 saturated carbocycles. The summed E-state index contributed by atoms with van der Waals surface area (Å²) in [5, 5.41) is 2.93. The predicted molar refractivity (Wildman–Crippen MR) is 92.2 cm³/mol. The number of esters is 1. The fraction of sp³-hybridized carbons (Fsp3) is 0.556. The predicted octanol–water partition coefficient (Wildman–Crippen LogP) is 3.68. The van der Waals surface area contributed by atoms with Crippen LogP contribution in [0, 0.1) is 17.6 Å². The molecule has 0 aromatic heterocycles. The Morgan fingerprint density at radius 2 is 2.04 bits per heavy atom. The number of ether oxygens (including phenoxy) is 1. The smallest absolute Gasteiger partial charge is 0.317 e. The van der Waals surface area contributed by atoms with Gasteiger partial charge < -0.3 is 10.1 Å². The van der Waals surface area contributed by atoms with E-state index in [1.165, 1.54) is 13.3 Å². The highest BCUT2D eigenvalue weighted by atomic mass is 32.2. The zero-order chi connectivity index (χ0) is 18.4. The van der Waals surface area contributed by atoms with E-state index in [9.17, 15) is 18.4 Å². The van der Waals surface area contributed by atoms with Crippen molar-refractivity contribution in [2.24, 2.45) is 5.92 Å². The first-order valence-corrected chi connectivity index (χ1v) is 9.43. The van der Waals surface area contributed by atoms with Crippen LogP contribution in [-0.4, -0.2) is 29.8 Å². The third-order valence-corrected chi connectivity index (χ3v) is 5.36. The van der Waals surface area contributed by atoms with Crippen LogP contribution in [-0.2, 0) is 14.3 Å². The Hall–Kier alpha value is -1.63. The third-order valence-electron chi connectivity index (χ3n) is 4.36. The summed E-state index contributed by atoms with van der Waals surface area (Å²) in [6.45, 7) is 3.61. The van der Waals surface area contributed by atoms with Gasteiger partial charge in [-0.1, -0.05) is 19.8 Å². The molecule has 1 aliphatic rings. The lowest BCUT2D eigenvalue weighted by Gasteiger charge is -2.30. The second-order valence-corrected chi connectivity index (χ2v) is 7.39. The molecule has 1 N–H and O–H groups in total. The monoisotopic (exact) mass is 371 g/mol. The van der Waals surface area contributed by atoms with Crippen LogP contribution in [0.15, 0.2) is 23.1 Å². The van der Waals surface area contributed by atoms with Gasteiger partial charge in [-0.05, 0) is 43.9 Å². The second kappa shape index (κ2) is 9.17. The molecule has 4 nitrogen and oxygen atoms in total. The van der Waals surface area contributed by atoms with Crippen molar-refractivity contribution in [2.75, 3.05) is 5.75 Å². The highest BCUT2D eigenvalue weighted by Crippen LogP contribution is 2.24. The minimum atomic E-state index is -0.917. The van der Waals surface area contributed by atoms with Crippen molar-refractivity contribution in [3.63, 3.8) is 0 Å². The minimum Gasteiger partial charge on any atom is -0.452 e. The maximum absolute atomic E-state index is 13.5. The highest BCUT2D eigenvalue weighted by molar-refractivity contribution is 8.00. The van der Waals surface area contributed by atoms with Crippen molar-refractivity contribution in [2.45, 2.75) is 56.6 Å². The van der Waals surface area contributed by atoms with Crippen LogP contribution in [0.4, 0.5) is 8.78 Å². The van der Waals surface area contributed by atoms with Crippen molar-refractivity contribution >= 4 is 23.6 Å². The molecule has 1 aromatic rings. The molecule has 25 heavy (non-hydrogen) atoms. The molecule has 0 saturated heterocycles. The van der Waals surface area contributed by atoms with E-state index < -0.39 is 23.7 Å². The summed E-state index contributed by atoms with van der Waals surface area (Å²) in [5.41, 5.74) is 0. The maximum Gasteiger partial charge on any atom is 0.317 e. The highest BCUT2D eigenvalue weighted by Gasteiger charge is 2.26. The van der Waals surface area contributed by atoms with Gasteiger partial charge in [0.05, 0.1) is 5.75 Å². The lowest BCUT2D eigenvalue weighted by Crippen LogP contribution is -2.46. The average Bonchev–Trinajstić information content (AvgIpc) is 2.57. The molecule has 1 fully saturated rings. The number of benzene rings is 1. The van der Waals surface area contributed by atoms with E-state index in [-0.39, 0.29) is 22.6 Å². The summed E-state index contributed by atoms with van der Waals surface area (Å²) in [6, 6.07) is 3.15. The first kappa shape index (κ1) is 19.7. The van der Waals surface area contributed by atoms with Crippen LogP contribution in [0.3, 0.4) is 0 Å². The summed E-state index contributed by atoms with van der Waals surface area (Å²) >= 11 is 0.838. The summed E-state index contributed by atoms with van der Waals surface area (Å²) in [6.07, 6.45) is 3.35. The molecule has 2 rings (SSSR count). The van der Waals surface area contributed by atoms with E-state index in [1.807, 2.05) is 0 Å². The number of nitrogens with one attached hydrogen (secondary N) is 1. The third kappa shape index (κ3) is 5.99. The van der Waals surface area contributed by atoms with Crippen LogP contribution in [0.5, 0.6) is 0 Å². The van der Waals surface area contributed by atoms with Gasteiger partial charge in [0.1, 0.15) is 11.6 Å². The number of halogens is 2. The Bertz CT molecular complexity index is 626. The topological polar surface area (TPSA) is 55.4 Å². The Morgan fingerprint density at radius 1 is 1.32 bits per heavy atom. The molecular weight excluding hydrogens is 348 g/mol. The summed E-state index contributed by atoms with van der Waals surface area (Å²) in [5.74, 6) is -1.94. The van der Waals surface area contributed by atoms with Crippen LogP contribution >= 0.6 is 11.8 Å². The van der Waals surface area contributed by atoms with Crippen LogP contribution in [0.2, 0.25) is 0 Å². The Balaban J connectivity index is 1.79. The standard InChI is InChI=1S/C18H23F2NO3S/c1-11-5-3-4-6-15(11)21-18(23)12(2)24-17(22)10-25-16-9-13(19)7-8-14(16)20/h7-9,11-12,15H,3-6,10H2,1-2H3,(H,21,23)/t11-,12+,15+/m0/s1. The van der Waals surface area contributed by atoms with Crippen molar-refractivity contribution < 1.29 is 23.1 Å². The Kier molecular flexibility index (Phi) is 7.23. The number of hydrogen-bond donors (Lipinski definition) is 1. The average molecular weight is 371 g/mol. The largest absolute Gasteiger partial charge is 0.452 e. The number of amides is 1. The molecule has 0 radical (unpaired) electrons. The van der Waals surface area contributed by atoms with E-state index in [0.717, 1.165) is 49.2 Å². The van der Waals surface area contributed by atoms with Gasteiger partial charge in [0.15, 0.2) is 6.10 Å². The number of carbonyl (C=O) groups excluding carboxylic acids is 2. The number of rotatable bonds is 6. The molecule has 1 aromatic carbocycles. The quantitative estimate of drug-likeness (QED) is 0.612. The molecule has 3 atom stereocenters.